The number of H-pyrrole nitrogens is 1. The largest absolute Gasteiger partial charge is 0.503 e. The Kier molecular flexibility index (Phi) is 2.97. The first-order chi connectivity index (χ1) is 8.09. The zero-order valence-electron chi connectivity index (χ0n) is 9.47. The standard InChI is InChI=1S/C13H14N2O2/c1-8(14)12-13(17)11(16)7-10(15-12)9-5-3-2-4-6-9/h2-8,17H,14H2,1H3,(H,15,16). The van der Waals surface area contributed by atoms with Gasteiger partial charge in [-0.1, -0.05) is 30.3 Å². The van der Waals surface area contributed by atoms with Crippen LogP contribution in [-0.4, -0.2) is 10.1 Å². The Bertz CT molecular complexity index is 574. The summed E-state index contributed by atoms with van der Waals surface area (Å²) in [4.78, 5) is 14.6. The third-order valence-corrected chi connectivity index (χ3v) is 2.57. The molecule has 0 saturated carbocycles. The topological polar surface area (TPSA) is 79.1 Å². The third kappa shape index (κ3) is 2.21. The summed E-state index contributed by atoms with van der Waals surface area (Å²) in [6.45, 7) is 1.71. The van der Waals surface area contributed by atoms with Crippen LogP contribution in [0.2, 0.25) is 0 Å². The average molecular weight is 230 g/mol. The summed E-state index contributed by atoms with van der Waals surface area (Å²) in [5, 5.41) is 9.62. The Morgan fingerprint density at radius 2 is 1.94 bits per heavy atom. The van der Waals surface area contributed by atoms with Crippen molar-refractivity contribution in [2.45, 2.75) is 13.0 Å². The smallest absolute Gasteiger partial charge is 0.224 e. The van der Waals surface area contributed by atoms with E-state index in [1.54, 1.807) is 6.92 Å². The fraction of sp³-hybridized carbons (Fsp3) is 0.154. The van der Waals surface area contributed by atoms with Gasteiger partial charge in [-0.05, 0) is 12.5 Å². The summed E-state index contributed by atoms with van der Waals surface area (Å²) in [5.74, 6) is -0.306. The molecule has 0 aliphatic heterocycles. The van der Waals surface area contributed by atoms with Gasteiger partial charge in [0.05, 0.1) is 5.69 Å². The third-order valence-electron chi connectivity index (χ3n) is 2.57. The number of aromatic hydroxyl groups is 1. The molecule has 0 aliphatic rings. The Morgan fingerprint density at radius 1 is 1.29 bits per heavy atom. The van der Waals surface area contributed by atoms with Gasteiger partial charge < -0.3 is 15.8 Å². The van der Waals surface area contributed by atoms with Gasteiger partial charge in [0, 0.05) is 17.8 Å². The molecule has 0 fully saturated rings. The molecular weight excluding hydrogens is 216 g/mol. The van der Waals surface area contributed by atoms with Crippen molar-refractivity contribution in [3.05, 3.63) is 52.3 Å². The van der Waals surface area contributed by atoms with Crippen LogP contribution in [0.1, 0.15) is 18.7 Å². The van der Waals surface area contributed by atoms with Gasteiger partial charge in [0.15, 0.2) is 5.75 Å². The van der Waals surface area contributed by atoms with Crippen LogP contribution in [0.3, 0.4) is 0 Å². The van der Waals surface area contributed by atoms with Crippen molar-refractivity contribution in [3.63, 3.8) is 0 Å². The van der Waals surface area contributed by atoms with E-state index < -0.39 is 11.5 Å². The molecule has 4 N–H and O–H groups in total. The second-order valence-electron chi connectivity index (χ2n) is 3.96. The monoisotopic (exact) mass is 230 g/mol. The van der Waals surface area contributed by atoms with Gasteiger partial charge in [0.2, 0.25) is 5.43 Å². The zero-order chi connectivity index (χ0) is 12.4. The highest BCUT2D eigenvalue weighted by atomic mass is 16.3. The lowest BCUT2D eigenvalue weighted by Gasteiger charge is -2.10. The van der Waals surface area contributed by atoms with E-state index in [-0.39, 0.29) is 5.75 Å². The van der Waals surface area contributed by atoms with Gasteiger partial charge in [-0.2, -0.15) is 0 Å². The van der Waals surface area contributed by atoms with E-state index in [4.69, 9.17) is 5.73 Å². The lowest BCUT2D eigenvalue weighted by Crippen LogP contribution is -2.13. The Hall–Kier alpha value is -2.07. The Balaban J connectivity index is 2.62. The highest BCUT2D eigenvalue weighted by Crippen LogP contribution is 2.21. The van der Waals surface area contributed by atoms with E-state index in [1.807, 2.05) is 30.3 Å². The average Bonchev–Trinajstić information content (AvgIpc) is 2.33. The van der Waals surface area contributed by atoms with Gasteiger partial charge in [0.25, 0.3) is 0 Å². The van der Waals surface area contributed by atoms with Gasteiger partial charge in [-0.3, -0.25) is 4.79 Å². The zero-order valence-corrected chi connectivity index (χ0v) is 9.47. The van der Waals surface area contributed by atoms with Gasteiger partial charge >= 0.3 is 0 Å². The minimum absolute atomic E-state index is 0.306. The van der Waals surface area contributed by atoms with Crippen LogP contribution in [0.5, 0.6) is 5.75 Å². The first kappa shape index (κ1) is 11.4. The second kappa shape index (κ2) is 4.43. The van der Waals surface area contributed by atoms with Gasteiger partial charge in [-0.15, -0.1) is 0 Å². The van der Waals surface area contributed by atoms with Crippen molar-refractivity contribution in [1.82, 2.24) is 4.98 Å². The maximum atomic E-state index is 11.6. The molecule has 2 rings (SSSR count). The van der Waals surface area contributed by atoms with E-state index in [2.05, 4.69) is 4.98 Å². The molecule has 1 aromatic carbocycles. The van der Waals surface area contributed by atoms with Crippen molar-refractivity contribution in [1.29, 1.82) is 0 Å². The summed E-state index contributed by atoms with van der Waals surface area (Å²) >= 11 is 0. The van der Waals surface area contributed by atoms with E-state index >= 15 is 0 Å². The van der Waals surface area contributed by atoms with Crippen LogP contribution in [0.4, 0.5) is 0 Å². The van der Waals surface area contributed by atoms with Crippen molar-refractivity contribution >= 4 is 0 Å². The van der Waals surface area contributed by atoms with Crippen LogP contribution in [-0.2, 0) is 0 Å². The van der Waals surface area contributed by atoms with Crippen LogP contribution >= 0.6 is 0 Å². The fourth-order valence-corrected chi connectivity index (χ4v) is 1.68. The summed E-state index contributed by atoms with van der Waals surface area (Å²) in [6.07, 6.45) is 0. The molecule has 1 atom stereocenters. The predicted octanol–water partition coefficient (Wildman–Crippen LogP) is 1.77. The van der Waals surface area contributed by atoms with Gasteiger partial charge in [0.1, 0.15) is 0 Å². The van der Waals surface area contributed by atoms with Crippen LogP contribution in [0.25, 0.3) is 11.3 Å². The number of pyridine rings is 1. The van der Waals surface area contributed by atoms with E-state index in [9.17, 15) is 9.90 Å². The molecule has 0 radical (unpaired) electrons. The lowest BCUT2D eigenvalue weighted by atomic mass is 10.1. The quantitative estimate of drug-likeness (QED) is 0.735. The normalized spacial score (nSPS) is 12.4. The van der Waals surface area contributed by atoms with Crippen molar-refractivity contribution in [2.75, 3.05) is 0 Å². The Morgan fingerprint density at radius 3 is 2.53 bits per heavy atom. The maximum absolute atomic E-state index is 11.6. The fourth-order valence-electron chi connectivity index (χ4n) is 1.68. The molecule has 1 aromatic heterocycles. The SMILES string of the molecule is CC(N)c1[nH]c(-c2ccccc2)cc(=O)c1O. The molecule has 1 heterocycles. The van der Waals surface area contributed by atoms with Crippen molar-refractivity contribution < 1.29 is 5.11 Å². The van der Waals surface area contributed by atoms with E-state index in [0.717, 1.165) is 5.56 Å². The molecule has 2 aromatic rings. The first-order valence-electron chi connectivity index (χ1n) is 5.37. The van der Waals surface area contributed by atoms with Crippen LogP contribution in [0.15, 0.2) is 41.2 Å². The highest BCUT2D eigenvalue weighted by Gasteiger charge is 2.12. The number of nitrogens with one attached hydrogen (secondary N) is 1. The number of benzene rings is 1. The molecule has 88 valence electrons. The van der Waals surface area contributed by atoms with Crippen molar-refractivity contribution in [2.24, 2.45) is 5.73 Å². The molecular formula is C13H14N2O2. The summed E-state index contributed by atoms with van der Waals surface area (Å²) in [6, 6.07) is 10.4. The molecule has 4 nitrogen and oxygen atoms in total. The van der Waals surface area contributed by atoms with Crippen molar-refractivity contribution in [3.8, 4) is 17.0 Å². The minimum Gasteiger partial charge on any atom is -0.503 e. The molecule has 4 heteroatoms. The number of rotatable bonds is 2. The number of nitrogens with two attached hydrogens (primary N) is 1. The second-order valence-corrected chi connectivity index (χ2v) is 3.96. The number of hydrogen-bond donors (Lipinski definition) is 3. The summed E-state index contributed by atoms with van der Waals surface area (Å²) < 4.78 is 0. The maximum Gasteiger partial charge on any atom is 0.224 e. The van der Waals surface area contributed by atoms with E-state index in [1.165, 1.54) is 6.07 Å². The lowest BCUT2D eigenvalue weighted by molar-refractivity contribution is 0.454. The summed E-state index contributed by atoms with van der Waals surface area (Å²) in [7, 11) is 0. The van der Waals surface area contributed by atoms with E-state index in [0.29, 0.717) is 11.4 Å². The first-order valence-corrected chi connectivity index (χ1v) is 5.37. The highest BCUT2D eigenvalue weighted by molar-refractivity contribution is 5.60. The number of aromatic nitrogens is 1. The molecule has 0 bridgehead atoms. The molecule has 1 unspecified atom stereocenters. The summed E-state index contributed by atoms with van der Waals surface area (Å²) in [5.41, 5.74) is 7.17. The number of hydrogen-bond acceptors (Lipinski definition) is 3. The molecule has 0 aliphatic carbocycles. The van der Waals surface area contributed by atoms with Crippen LogP contribution < -0.4 is 11.2 Å². The molecule has 17 heavy (non-hydrogen) atoms. The predicted molar refractivity (Wildman–Crippen MR) is 66.8 cm³/mol. The minimum atomic E-state index is -0.425. The van der Waals surface area contributed by atoms with Crippen LogP contribution in [0, 0.1) is 0 Å². The van der Waals surface area contributed by atoms with Gasteiger partial charge in [-0.25, -0.2) is 0 Å². The molecule has 0 saturated heterocycles. The Labute approximate surface area is 98.7 Å². The number of aromatic amines is 1. The molecule has 0 spiro atoms. The molecule has 0 amide bonds.